The van der Waals surface area contributed by atoms with Crippen LogP contribution in [0.25, 0.3) is 5.69 Å². The number of amides is 1. The molecule has 8 heteroatoms. The lowest BCUT2D eigenvalue weighted by atomic mass is 10.0. The predicted octanol–water partition coefficient (Wildman–Crippen LogP) is 2.06. The van der Waals surface area contributed by atoms with Gasteiger partial charge in [0.2, 0.25) is 0 Å². The van der Waals surface area contributed by atoms with Crippen LogP contribution in [0.1, 0.15) is 29.6 Å². The maximum atomic E-state index is 12.7. The highest BCUT2D eigenvalue weighted by atomic mass is 35.5. The van der Waals surface area contributed by atoms with Gasteiger partial charge in [0.1, 0.15) is 12.7 Å². The second-order valence-corrected chi connectivity index (χ2v) is 5.27. The van der Waals surface area contributed by atoms with Crippen LogP contribution >= 0.6 is 24.8 Å². The van der Waals surface area contributed by atoms with Crippen LogP contribution in [0.4, 0.5) is 0 Å². The van der Waals surface area contributed by atoms with E-state index in [0.29, 0.717) is 12.1 Å². The zero-order valence-corrected chi connectivity index (χ0v) is 14.3. The Morgan fingerprint density at radius 1 is 1.30 bits per heavy atom. The quantitative estimate of drug-likeness (QED) is 0.911. The van der Waals surface area contributed by atoms with Crippen molar-refractivity contribution >= 4 is 30.7 Å². The molecular formula is C15H21Cl2N5O. The highest BCUT2D eigenvalue weighted by Crippen LogP contribution is 2.20. The number of halogens is 2. The maximum absolute atomic E-state index is 12.7. The molecule has 0 spiro atoms. The van der Waals surface area contributed by atoms with Gasteiger partial charge in [-0.05, 0) is 37.5 Å². The number of aromatic nitrogens is 3. The number of hydrogen-bond donors (Lipinski definition) is 1. The molecule has 1 aromatic carbocycles. The maximum Gasteiger partial charge on any atom is 0.254 e. The Morgan fingerprint density at radius 2 is 2.13 bits per heavy atom. The molecule has 1 aliphatic rings. The fourth-order valence-electron chi connectivity index (χ4n) is 2.80. The van der Waals surface area contributed by atoms with Crippen molar-refractivity contribution in [3.8, 4) is 5.69 Å². The van der Waals surface area contributed by atoms with Crippen LogP contribution in [0.3, 0.4) is 0 Å². The molecule has 126 valence electrons. The van der Waals surface area contributed by atoms with Crippen molar-refractivity contribution in [1.82, 2.24) is 19.7 Å². The summed E-state index contributed by atoms with van der Waals surface area (Å²) in [6, 6.07) is 7.61. The summed E-state index contributed by atoms with van der Waals surface area (Å²) in [5.74, 6) is 0.0483. The lowest BCUT2D eigenvalue weighted by molar-refractivity contribution is 0.0623. The zero-order valence-electron chi connectivity index (χ0n) is 12.7. The third kappa shape index (κ3) is 4.22. The van der Waals surface area contributed by atoms with E-state index in [2.05, 4.69) is 10.1 Å². The molecule has 0 saturated carbocycles. The standard InChI is InChI=1S/C15H19N5O.2ClH/c16-9-14-5-1-2-7-19(14)15(21)12-4-3-6-13(8-12)20-11-17-10-18-20;;/h3-4,6,8,10-11,14H,1-2,5,7,9,16H2;2*1H. The molecule has 3 rings (SSSR count). The number of carbonyl (C=O) groups excluding carboxylic acids is 1. The summed E-state index contributed by atoms with van der Waals surface area (Å²) in [6.45, 7) is 1.31. The van der Waals surface area contributed by atoms with Crippen molar-refractivity contribution in [2.24, 2.45) is 5.73 Å². The van der Waals surface area contributed by atoms with E-state index in [9.17, 15) is 4.79 Å². The van der Waals surface area contributed by atoms with Gasteiger partial charge in [-0.15, -0.1) is 24.8 Å². The third-order valence-electron chi connectivity index (χ3n) is 3.94. The first-order chi connectivity index (χ1) is 10.3. The van der Waals surface area contributed by atoms with Gasteiger partial charge in [0.25, 0.3) is 5.91 Å². The molecule has 2 heterocycles. The molecule has 1 saturated heterocycles. The molecule has 23 heavy (non-hydrogen) atoms. The molecule has 1 aliphatic heterocycles. The second kappa shape index (κ2) is 8.86. The minimum atomic E-state index is 0. The van der Waals surface area contributed by atoms with E-state index in [4.69, 9.17) is 5.73 Å². The summed E-state index contributed by atoms with van der Waals surface area (Å²) in [7, 11) is 0. The molecular weight excluding hydrogens is 337 g/mol. The number of hydrogen-bond acceptors (Lipinski definition) is 4. The van der Waals surface area contributed by atoms with Crippen LogP contribution in [0.5, 0.6) is 0 Å². The number of benzene rings is 1. The molecule has 0 aliphatic carbocycles. The molecule has 1 atom stereocenters. The van der Waals surface area contributed by atoms with Crippen LogP contribution in [0, 0.1) is 0 Å². The summed E-state index contributed by atoms with van der Waals surface area (Å²) in [4.78, 5) is 18.6. The van der Waals surface area contributed by atoms with Gasteiger partial charge >= 0.3 is 0 Å². The van der Waals surface area contributed by atoms with Crippen molar-refractivity contribution in [2.45, 2.75) is 25.3 Å². The molecule has 1 unspecified atom stereocenters. The number of rotatable bonds is 3. The molecule has 1 fully saturated rings. The van der Waals surface area contributed by atoms with Gasteiger partial charge in [-0.25, -0.2) is 9.67 Å². The van der Waals surface area contributed by atoms with Crippen molar-refractivity contribution in [3.05, 3.63) is 42.5 Å². The molecule has 2 N–H and O–H groups in total. The molecule has 0 radical (unpaired) electrons. The van der Waals surface area contributed by atoms with E-state index in [1.807, 2.05) is 29.2 Å². The minimum Gasteiger partial charge on any atom is -0.334 e. The first-order valence-electron chi connectivity index (χ1n) is 7.25. The van der Waals surface area contributed by atoms with Crippen LogP contribution in [-0.2, 0) is 0 Å². The van der Waals surface area contributed by atoms with Crippen molar-refractivity contribution in [1.29, 1.82) is 0 Å². The number of carbonyl (C=O) groups is 1. The van der Waals surface area contributed by atoms with E-state index in [1.165, 1.54) is 6.33 Å². The van der Waals surface area contributed by atoms with E-state index in [-0.39, 0.29) is 36.8 Å². The number of nitrogens with two attached hydrogens (primary N) is 1. The second-order valence-electron chi connectivity index (χ2n) is 5.27. The monoisotopic (exact) mass is 357 g/mol. The fraction of sp³-hybridized carbons (Fsp3) is 0.400. The lowest BCUT2D eigenvalue weighted by Crippen LogP contribution is -2.47. The zero-order chi connectivity index (χ0) is 14.7. The van der Waals surface area contributed by atoms with E-state index >= 15 is 0 Å². The van der Waals surface area contributed by atoms with Gasteiger partial charge < -0.3 is 10.6 Å². The molecule has 0 bridgehead atoms. The summed E-state index contributed by atoms with van der Waals surface area (Å²) < 4.78 is 1.65. The van der Waals surface area contributed by atoms with Crippen molar-refractivity contribution in [3.63, 3.8) is 0 Å². The Kier molecular flexibility index (Phi) is 7.48. The SMILES string of the molecule is Cl.Cl.NCC1CCCCN1C(=O)c1cccc(-n2cncn2)c1. The lowest BCUT2D eigenvalue weighted by Gasteiger charge is -2.35. The van der Waals surface area contributed by atoms with E-state index < -0.39 is 0 Å². The van der Waals surface area contributed by atoms with Gasteiger partial charge in [0.15, 0.2) is 0 Å². The Balaban J connectivity index is 0.00000132. The van der Waals surface area contributed by atoms with Crippen molar-refractivity contribution in [2.75, 3.05) is 13.1 Å². The largest absolute Gasteiger partial charge is 0.334 e. The topological polar surface area (TPSA) is 77.0 Å². The van der Waals surface area contributed by atoms with Gasteiger partial charge in [0, 0.05) is 24.7 Å². The Labute approximate surface area is 147 Å². The van der Waals surface area contributed by atoms with Gasteiger partial charge in [0.05, 0.1) is 5.69 Å². The molecule has 1 amide bonds. The van der Waals surface area contributed by atoms with Gasteiger partial charge in [-0.1, -0.05) is 6.07 Å². The van der Waals surface area contributed by atoms with Crippen LogP contribution in [0.2, 0.25) is 0 Å². The smallest absolute Gasteiger partial charge is 0.254 e. The molecule has 1 aromatic heterocycles. The third-order valence-corrected chi connectivity index (χ3v) is 3.94. The van der Waals surface area contributed by atoms with Crippen LogP contribution < -0.4 is 5.73 Å². The Morgan fingerprint density at radius 3 is 2.83 bits per heavy atom. The van der Waals surface area contributed by atoms with Crippen LogP contribution in [0.15, 0.2) is 36.9 Å². The summed E-state index contributed by atoms with van der Waals surface area (Å²) in [5.41, 5.74) is 7.30. The van der Waals surface area contributed by atoms with E-state index in [0.717, 1.165) is 31.5 Å². The van der Waals surface area contributed by atoms with Crippen molar-refractivity contribution < 1.29 is 4.79 Å². The number of piperidine rings is 1. The van der Waals surface area contributed by atoms with E-state index in [1.54, 1.807) is 11.0 Å². The number of nitrogens with zero attached hydrogens (tertiary/aromatic N) is 4. The summed E-state index contributed by atoms with van der Waals surface area (Å²) >= 11 is 0. The number of likely N-dealkylation sites (tertiary alicyclic amines) is 1. The predicted molar refractivity (Wildman–Crippen MR) is 93.6 cm³/mol. The van der Waals surface area contributed by atoms with Crippen LogP contribution in [-0.4, -0.2) is 44.7 Å². The first kappa shape index (κ1) is 19.4. The average Bonchev–Trinajstić information content (AvgIpc) is 3.09. The Bertz CT molecular complexity index is 620. The van der Waals surface area contributed by atoms with Gasteiger partial charge in [-0.3, -0.25) is 4.79 Å². The highest BCUT2D eigenvalue weighted by molar-refractivity contribution is 5.95. The molecule has 6 nitrogen and oxygen atoms in total. The normalized spacial score (nSPS) is 17.1. The summed E-state index contributed by atoms with van der Waals surface area (Å²) in [6.07, 6.45) is 6.28. The average molecular weight is 358 g/mol. The minimum absolute atomic E-state index is 0. The molecule has 2 aromatic rings. The Hall–Kier alpha value is -1.63. The highest BCUT2D eigenvalue weighted by Gasteiger charge is 2.26. The van der Waals surface area contributed by atoms with Gasteiger partial charge in [-0.2, -0.15) is 5.10 Å². The fourth-order valence-corrected chi connectivity index (χ4v) is 2.80. The first-order valence-corrected chi connectivity index (χ1v) is 7.25. The summed E-state index contributed by atoms with van der Waals surface area (Å²) in [5, 5.41) is 4.09.